The molecule has 4 aliphatic rings. The zero-order valence-corrected chi connectivity index (χ0v) is 42.1. The Kier molecular flexibility index (Phi) is 15.1. The van der Waals surface area contributed by atoms with Gasteiger partial charge in [-0.15, -0.1) is 0 Å². The van der Waals surface area contributed by atoms with E-state index in [9.17, 15) is 24.6 Å². The molecule has 3 aliphatic carbocycles. The third kappa shape index (κ3) is 9.26. The van der Waals surface area contributed by atoms with Crippen LogP contribution in [-0.4, -0.2) is 116 Å². The van der Waals surface area contributed by atoms with Crippen molar-refractivity contribution in [3.05, 3.63) is 82.9 Å². The molecule has 1 heterocycles. The normalized spacial score (nSPS) is 31.0. The average Bonchev–Trinajstić information content (AvgIpc) is 3.27. The molecule has 2 saturated carbocycles. The van der Waals surface area contributed by atoms with Crippen LogP contribution in [0.1, 0.15) is 111 Å². The maximum atomic E-state index is 15.8. The van der Waals surface area contributed by atoms with E-state index < -0.39 is 121 Å². The third-order valence-corrected chi connectivity index (χ3v) is 20.1. The number of esters is 3. The van der Waals surface area contributed by atoms with Crippen LogP contribution in [0.15, 0.2) is 71.8 Å². The molecule has 0 aromatic heterocycles. The quantitative estimate of drug-likeness (QED) is 0.0701. The van der Waals surface area contributed by atoms with Crippen molar-refractivity contribution in [2.45, 2.75) is 160 Å². The van der Waals surface area contributed by atoms with Gasteiger partial charge in [0.1, 0.15) is 29.5 Å². The predicted octanol–water partition coefficient (Wildman–Crippen LogP) is 7.19. The lowest BCUT2D eigenvalue weighted by atomic mass is 9.43. The Hall–Kier alpha value is -4.45. The number of methoxy groups -OCH3 is 1. The second-order valence-electron chi connectivity index (χ2n) is 20.5. The van der Waals surface area contributed by atoms with Gasteiger partial charge in [-0.25, -0.2) is 14.4 Å². The molecule has 2 aromatic carbocycles. The number of nitrogens with one attached hydrogen (secondary N) is 1. The molecule has 3 N–H and O–H groups in total. The number of ether oxygens (including phenoxy) is 6. The Morgan fingerprint density at radius 2 is 1.54 bits per heavy atom. The number of fused-ring (bicyclic) bond motifs is 5. The number of benzene rings is 2. The second kappa shape index (κ2) is 19.5. The molecule has 67 heavy (non-hydrogen) atoms. The van der Waals surface area contributed by atoms with Crippen LogP contribution >= 0.6 is 0 Å². The smallest absolute Gasteiger partial charge is 0.408 e. The van der Waals surface area contributed by atoms with Crippen LogP contribution in [0.25, 0.3) is 0 Å². The summed E-state index contributed by atoms with van der Waals surface area (Å²) in [5.74, 6) is -5.50. The molecule has 2 aromatic rings. The molecular weight excluding hydrogens is 879 g/mol. The molecule has 16 heteroatoms. The topological polar surface area (TPSA) is 202 Å². The maximum absolute atomic E-state index is 15.8. The van der Waals surface area contributed by atoms with Gasteiger partial charge in [0, 0.05) is 32.3 Å². The molecule has 6 rings (SSSR count). The number of carbonyl (C=O) groups excluding carboxylic acids is 5. The summed E-state index contributed by atoms with van der Waals surface area (Å²) in [5, 5.41) is 28.4. The van der Waals surface area contributed by atoms with Gasteiger partial charge >= 0.3 is 24.0 Å². The lowest BCUT2D eigenvalue weighted by Gasteiger charge is -2.68. The van der Waals surface area contributed by atoms with Crippen molar-refractivity contribution in [2.75, 3.05) is 20.3 Å². The zero-order valence-electron chi connectivity index (χ0n) is 41.1. The average molecular weight is 950 g/mol. The Balaban J connectivity index is 1.58. The van der Waals surface area contributed by atoms with Gasteiger partial charge in [0.15, 0.2) is 25.8 Å². The van der Waals surface area contributed by atoms with Crippen molar-refractivity contribution in [1.29, 1.82) is 0 Å². The van der Waals surface area contributed by atoms with Crippen LogP contribution in [-0.2, 0) is 47.2 Å². The Morgan fingerprint density at radius 1 is 0.940 bits per heavy atom. The first kappa shape index (κ1) is 51.9. The summed E-state index contributed by atoms with van der Waals surface area (Å²) in [5.41, 5.74) is -6.49. The number of rotatable bonds is 15. The highest BCUT2D eigenvalue weighted by Gasteiger charge is 2.78. The van der Waals surface area contributed by atoms with Crippen LogP contribution < -0.4 is 5.32 Å². The minimum Gasteiger partial charge on any atom is -0.456 e. The van der Waals surface area contributed by atoms with Gasteiger partial charge < -0.3 is 48.4 Å². The summed E-state index contributed by atoms with van der Waals surface area (Å²) in [6, 6.07) is 17.9. The van der Waals surface area contributed by atoms with Crippen LogP contribution in [0.5, 0.6) is 0 Å². The van der Waals surface area contributed by atoms with Gasteiger partial charge in [-0.1, -0.05) is 83.1 Å². The highest BCUT2D eigenvalue weighted by molar-refractivity contribution is 6.73. The van der Waals surface area contributed by atoms with Crippen molar-refractivity contribution < 1.29 is 67.0 Å². The van der Waals surface area contributed by atoms with E-state index in [0.29, 0.717) is 34.8 Å². The molecule has 1 aliphatic heterocycles. The maximum Gasteiger partial charge on any atom is 0.408 e. The van der Waals surface area contributed by atoms with Crippen LogP contribution in [0, 0.1) is 22.7 Å². The van der Waals surface area contributed by atoms with Crippen molar-refractivity contribution in [1.82, 2.24) is 5.32 Å². The molecule has 0 radical (unpaired) electrons. The van der Waals surface area contributed by atoms with E-state index in [1.54, 1.807) is 103 Å². The molecular formula is C51H71NO14Si. The van der Waals surface area contributed by atoms with E-state index in [0.717, 1.165) is 0 Å². The van der Waals surface area contributed by atoms with E-state index in [4.69, 9.17) is 32.8 Å². The van der Waals surface area contributed by atoms with Crippen LogP contribution in [0.3, 0.4) is 0 Å². The van der Waals surface area contributed by atoms with Crippen molar-refractivity contribution in [3.8, 4) is 0 Å². The van der Waals surface area contributed by atoms with E-state index >= 15 is 9.59 Å². The molecule has 0 spiro atoms. The number of hydrogen-bond acceptors (Lipinski definition) is 14. The summed E-state index contributed by atoms with van der Waals surface area (Å²) in [7, 11) is -1.26. The SMILES string of the molecule is CC[Si](CC)(CC)O[C@@H](C(=O)O[C@H]1C[C@@]2(O)[C@@H](OC(=O)c3ccccc3)C3[C@](C)(C(=O)[C@H](CO)C(=C1C)C2(C)C)[C@@H](OC)C[C@H]1OC[C@@]31OC(C)=O)[C@@H](NC(=O)OC(C)(C)C)c1ccccc1. The predicted molar refractivity (Wildman–Crippen MR) is 249 cm³/mol. The lowest BCUT2D eigenvalue weighted by Crippen LogP contribution is -2.81. The number of carbonyl (C=O) groups is 5. The molecule has 368 valence electrons. The molecule has 1 saturated heterocycles. The number of hydrogen-bond donors (Lipinski definition) is 3. The first-order valence-corrected chi connectivity index (χ1v) is 26.1. The number of aliphatic hydroxyl groups excluding tert-OH is 1. The number of alkyl carbamates (subject to hydrolysis) is 1. The van der Waals surface area contributed by atoms with E-state index in [1.165, 1.54) is 14.0 Å². The fourth-order valence-electron chi connectivity index (χ4n) is 11.7. The standard InChI is InChI=1S/C51H71NO14Si/c1-13-67(14-2,15-3)66-40(39(32-22-18-16-19-23-32)52-46(58)65-47(6,7)8)45(57)62-35-27-51(59)43(63-44(56)33-24-20-17-21-25-33)41-49(11,42(55)34(28-53)38(30(35)4)48(51,9)10)36(60-12)26-37-50(41,29-61-37)64-31(5)54/h16-25,34-37,39-41,43,53,59H,13-15,26-29H2,1-12H3,(H,52,58)/t34-,35+,36+,37-,39+,40-,41?,43+,49-,50+,51-/m1/s1. The Bertz CT molecular complexity index is 2180. The van der Waals surface area contributed by atoms with Crippen molar-refractivity contribution >= 4 is 38.1 Å². The summed E-state index contributed by atoms with van der Waals surface area (Å²) in [4.78, 5) is 72.5. The van der Waals surface area contributed by atoms with Crippen LogP contribution in [0.4, 0.5) is 4.79 Å². The first-order chi connectivity index (χ1) is 31.4. The van der Waals surface area contributed by atoms with Gasteiger partial charge in [-0.05, 0) is 81.6 Å². The highest BCUT2D eigenvalue weighted by Crippen LogP contribution is 2.65. The Labute approximate surface area is 395 Å². The lowest BCUT2D eigenvalue weighted by molar-refractivity contribution is -0.347. The first-order valence-electron chi connectivity index (χ1n) is 23.6. The van der Waals surface area contributed by atoms with Crippen molar-refractivity contribution in [3.63, 3.8) is 0 Å². The third-order valence-electron chi connectivity index (χ3n) is 15.4. The second-order valence-corrected chi connectivity index (χ2v) is 25.2. The summed E-state index contributed by atoms with van der Waals surface area (Å²) >= 11 is 0. The van der Waals surface area contributed by atoms with Gasteiger partial charge in [0.05, 0.1) is 48.2 Å². The summed E-state index contributed by atoms with van der Waals surface area (Å²) in [6.07, 6.45) is -7.21. The molecule has 3 fully saturated rings. The van der Waals surface area contributed by atoms with E-state index in [1.807, 2.05) is 26.8 Å². The molecule has 11 atom stereocenters. The van der Waals surface area contributed by atoms with Gasteiger partial charge in [0.25, 0.3) is 0 Å². The molecule has 1 amide bonds. The number of aliphatic hydroxyl groups is 2. The number of ketones is 1. The summed E-state index contributed by atoms with van der Waals surface area (Å²) in [6.45, 7) is 18.3. The van der Waals surface area contributed by atoms with Crippen LogP contribution in [0.2, 0.25) is 18.1 Å². The molecule has 15 nitrogen and oxygen atoms in total. The largest absolute Gasteiger partial charge is 0.456 e. The fraction of sp³-hybridized carbons (Fsp3) is 0.627. The van der Waals surface area contributed by atoms with E-state index in [-0.39, 0.29) is 25.0 Å². The Morgan fingerprint density at radius 3 is 2.04 bits per heavy atom. The van der Waals surface area contributed by atoms with Gasteiger partial charge in [-0.2, -0.15) is 0 Å². The zero-order chi connectivity index (χ0) is 49.5. The molecule has 1 unspecified atom stereocenters. The minimum atomic E-state index is -2.71. The fourth-order valence-corrected chi connectivity index (χ4v) is 14.4. The number of Topliss-reactive ketones (excluding diaryl/α,β-unsaturated/α-hetero) is 1. The summed E-state index contributed by atoms with van der Waals surface area (Å²) < 4.78 is 44.4. The highest BCUT2D eigenvalue weighted by atomic mass is 28.4. The molecule has 2 bridgehead atoms. The van der Waals surface area contributed by atoms with Gasteiger partial charge in [0.2, 0.25) is 0 Å². The minimum absolute atomic E-state index is 0.111. The van der Waals surface area contributed by atoms with Crippen molar-refractivity contribution in [2.24, 2.45) is 22.7 Å². The number of amides is 1. The van der Waals surface area contributed by atoms with Gasteiger partial charge in [-0.3, -0.25) is 9.59 Å². The monoisotopic (exact) mass is 949 g/mol. The van der Waals surface area contributed by atoms with E-state index in [2.05, 4.69) is 5.32 Å².